The van der Waals surface area contributed by atoms with Gasteiger partial charge in [-0.1, -0.05) is 5.92 Å². The molecule has 0 radical (unpaired) electrons. The minimum atomic E-state index is -0.861. The lowest BCUT2D eigenvalue weighted by atomic mass is 10.2. The summed E-state index contributed by atoms with van der Waals surface area (Å²) in [5.74, 6) is 2.20. The topological polar surface area (TPSA) is 33.1 Å². The number of pyridine rings is 1. The smallest absolute Gasteiger partial charge is 0.141 e. The Balaban J connectivity index is 2.98. The molecule has 1 aromatic rings. The van der Waals surface area contributed by atoms with Crippen LogP contribution in [0.2, 0.25) is 0 Å². The van der Waals surface area contributed by atoms with Crippen molar-refractivity contribution >= 4 is 15.9 Å². The molecule has 0 aliphatic heterocycles. The third-order valence-corrected chi connectivity index (χ3v) is 1.63. The van der Waals surface area contributed by atoms with Gasteiger partial charge in [0.2, 0.25) is 0 Å². The molecule has 0 spiro atoms. The molecule has 3 heteroatoms. The molecule has 0 bridgehead atoms. The van der Waals surface area contributed by atoms with Gasteiger partial charge in [0.15, 0.2) is 0 Å². The Hall–Kier alpha value is -0.850. The first-order chi connectivity index (χ1) is 5.24. The highest BCUT2D eigenvalue weighted by atomic mass is 79.9. The lowest BCUT2D eigenvalue weighted by molar-refractivity contribution is 0.238. The van der Waals surface area contributed by atoms with Crippen LogP contribution < -0.4 is 0 Å². The van der Waals surface area contributed by atoms with Crippen molar-refractivity contribution in [2.75, 3.05) is 0 Å². The molecule has 0 unspecified atom stereocenters. The van der Waals surface area contributed by atoms with Crippen LogP contribution in [0.15, 0.2) is 22.9 Å². The fraction of sp³-hybridized carbons (Fsp3) is 0.125. The first-order valence-electron chi connectivity index (χ1n) is 2.98. The summed E-state index contributed by atoms with van der Waals surface area (Å²) >= 11 is 3.22. The molecule has 1 N–H and O–H groups in total. The molecule has 1 heterocycles. The van der Waals surface area contributed by atoms with Crippen LogP contribution in [0.25, 0.3) is 0 Å². The van der Waals surface area contributed by atoms with Crippen molar-refractivity contribution in [2.24, 2.45) is 0 Å². The van der Waals surface area contributed by atoms with Crippen molar-refractivity contribution in [3.63, 3.8) is 0 Å². The Labute approximate surface area is 73.4 Å². The number of hydrogen-bond acceptors (Lipinski definition) is 2. The number of nitrogens with zero attached hydrogens (tertiary/aromatic N) is 1. The Kier molecular flexibility index (Phi) is 2.64. The fourth-order valence-corrected chi connectivity index (χ4v) is 1.06. The maximum atomic E-state index is 9.16. The van der Waals surface area contributed by atoms with Gasteiger partial charge in [0.25, 0.3) is 0 Å². The van der Waals surface area contributed by atoms with Gasteiger partial charge in [-0.2, -0.15) is 0 Å². The predicted octanol–water partition coefficient (Wildman–Crippen LogP) is 1.51. The maximum Gasteiger partial charge on any atom is 0.141 e. The van der Waals surface area contributed by atoms with Crippen LogP contribution in [-0.4, -0.2) is 10.1 Å². The third-order valence-electron chi connectivity index (χ3n) is 1.20. The van der Waals surface area contributed by atoms with E-state index in [1.54, 1.807) is 12.3 Å². The van der Waals surface area contributed by atoms with Gasteiger partial charge in [0.05, 0.1) is 0 Å². The SMILES string of the molecule is C#C[C@@H](O)c1cncc(Br)c1. The van der Waals surface area contributed by atoms with Crippen LogP contribution in [-0.2, 0) is 0 Å². The molecule has 0 aromatic carbocycles. The van der Waals surface area contributed by atoms with Gasteiger partial charge >= 0.3 is 0 Å². The van der Waals surface area contributed by atoms with E-state index in [2.05, 4.69) is 26.8 Å². The van der Waals surface area contributed by atoms with Crippen LogP contribution >= 0.6 is 15.9 Å². The highest BCUT2D eigenvalue weighted by Gasteiger charge is 2.02. The normalized spacial score (nSPS) is 12.1. The molecule has 11 heavy (non-hydrogen) atoms. The molecule has 1 rings (SSSR count). The van der Waals surface area contributed by atoms with Gasteiger partial charge in [-0.15, -0.1) is 6.42 Å². The van der Waals surface area contributed by atoms with Crippen molar-refractivity contribution in [2.45, 2.75) is 6.10 Å². The lowest BCUT2D eigenvalue weighted by Gasteiger charge is -2.01. The molecule has 2 nitrogen and oxygen atoms in total. The van der Waals surface area contributed by atoms with Crippen LogP contribution in [0.4, 0.5) is 0 Å². The molecule has 0 aliphatic carbocycles. The summed E-state index contributed by atoms with van der Waals surface area (Å²) in [6.07, 6.45) is 7.32. The minimum absolute atomic E-state index is 0.627. The zero-order valence-electron chi connectivity index (χ0n) is 5.66. The first kappa shape index (κ1) is 8.25. The number of hydrogen-bond donors (Lipinski definition) is 1. The molecule has 0 amide bonds. The molecule has 0 aliphatic rings. The molecular weight excluding hydrogens is 206 g/mol. The van der Waals surface area contributed by atoms with Crippen LogP contribution in [0.1, 0.15) is 11.7 Å². The second-order valence-corrected chi connectivity index (χ2v) is 2.92. The number of aliphatic hydroxyl groups is 1. The van der Waals surface area contributed by atoms with E-state index in [1.165, 1.54) is 6.20 Å². The molecule has 1 aromatic heterocycles. The summed E-state index contributed by atoms with van der Waals surface area (Å²) in [5.41, 5.74) is 0.627. The standard InChI is InChI=1S/C8H6BrNO/c1-2-8(11)6-3-7(9)5-10-4-6/h1,3-5,8,11H/t8-/m1/s1. The monoisotopic (exact) mass is 211 g/mol. The lowest BCUT2D eigenvalue weighted by Crippen LogP contribution is -1.93. The Bertz CT molecular complexity index is 292. The van der Waals surface area contributed by atoms with E-state index in [9.17, 15) is 0 Å². The van der Waals surface area contributed by atoms with Crippen molar-refractivity contribution in [3.05, 3.63) is 28.5 Å². The van der Waals surface area contributed by atoms with Gasteiger partial charge in [0, 0.05) is 22.4 Å². The van der Waals surface area contributed by atoms with Crippen LogP contribution in [0.3, 0.4) is 0 Å². The van der Waals surface area contributed by atoms with E-state index >= 15 is 0 Å². The van der Waals surface area contributed by atoms with Crippen molar-refractivity contribution in [1.82, 2.24) is 4.98 Å². The molecular formula is C8H6BrNO. The Morgan fingerprint density at radius 3 is 2.91 bits per heavy atom. The van der Waals surface area contributed by atoms with Gasteiger partial charge in [0.1, 0.15) is 6.10 Å². The van der Waals surface area contributed by atoms with E-state index in [4.69, 9.17) is 11.5 Å². The highest BCUT2D eigenvalue weighted by molar-refractivity contribution is 9.10. The minimum Gasteiger partial charge on any atom is -0.376 e. The molecule has 1 atom stereocenters. The number of aromatic nitrogens is 1. The summed E-state index contributed by atoms with van der Waals surface area (Å²) in [5, 5.41) is 9.16. The molecule has 0 saturated carbocycles. The van der Waals surface area contributed by atoms with Crippen molar-refractivity contribution in [3.8, 4) is 12.3 Å². The summed E-state index contributed by atoms with van der Waals surface area (Å²) in [6, 6.07) is 1.73. The summed E-state index contributed by atoms with van der Waals surface area (Å²) < 4.78 is 0.810. The maximum absolute atomic E-state index is 9.16. The van der Waals surface area contributed by atoms with Gasteiger partial charge in [-0.3, -0.25) is 4.98 Å². The Morgan fingerprint density at radius 2 is 2.36 bits per heavy atom. The zero-order chi connectivity index (χ0) is 8.27. The highest BCUT2D eigenvalue weighted by Crippen LogP contribution is 2.15. The number of halogens is 1. The summed E-state index contributed by atoms with van der Waals surface area (Å²) in [4.78, 5) is 3.85. The van der Waals surface area contributed by atoms with E-state index in [1.807, 2.05) is 0 Å². The van der Waals surface area contributed by atoms with Gasteiger partial charge in [-0.25, -0.2) is 0 Å². The van der Waals surface area contributed by atoms with E-state index in [0.29, 0.717) is 5.56 Å². The van der Waals surface area contributed by atoms with Crippen molar-refractivity contribution in [1.29, 1.82) is 0 Å². The van der Waals surface area contributed by atoms with Crippen LogP contribution in [0, 0.1) is 12.3 Å². The second-order valence-electron chi connectivity index (χ2n) is 2.01. The first-order valence-corrected chi connectivity index (χ1v) is 3.78. The zero-order valence-corrected chi connectivity index (χ0v) is 7.25. The van der Waals surface area contributed by atoms with E-state index in [-0.39, 0.29) is 0 Å². The van der Waals surface area contributed by atoms with E-state index in [0.717, 1.165) is 4.47 Å². The van der Waals surface area contributed by atoms with Gasteiger partial charge in [-0.05, 0) is 22.0 Å². The summed E-state index contributed by atoms with van der Waals surface area (Å²) in [7, 11) is 0. The largest absolute Gasteiger partial charge is 0.376 e. The molecule has 56 valence electrons. The Morgan fingerprint density at radius 1 is 1.64 bits per heavy atom. The molecule has 0 saturated heterocycles. The third kappa shape index (κ3) is 2.04. The average Bonchev–Trinajstić information content (AvgIpc) is 2.03. The van der Waals surface area contributed by atoms with E-state index < -0.39 is 6.10 Å². The number of aliphatic hydroxyl groups excluding tert-OH is 1. The van der Waals surface area contributed by atoms with Crippen molar-refractivity contribution < 1.29 is 5.11 Å². The summed E-state index contributed by atoms with van der Waals surface area (Å²) in [6.45, 7) is 0. The van der Waals surface area contributed by atoms with Gasteiger partial charge < -0.3 is 5.11 Å². The molecule has 0 fully saturated rings. The predicted molar refractivity (Wildman–Crippen MR) is 45.7 cm³/mol. The number of rotatable bonds is 1. The quantitative estimate of drug-likeness (QED) is 0.715. The number of terminal acetylenes is 1. The fourth-order valence-electron chi connectivity index (χ4n) is 0.674. The average molecular weight is 212 g/mol. The second kappa shape index (κ2) is 3.51. The van der Waals surface area contributed by atoms with Crippen LogP contribution in [0.5, 0.6) is 0 Å².